The second kappa shape index (κ2) is 15.1. The monoisotopic (exact) mass is 565 g/mol. The Bertz CT molecular complexity index is 926. The Morgan fingerprint density at radius 3 is 2.60 bits per heavy atom. The van der Waals surface area contributed by atoms with Crippen LogP contribution in [0.3, 0.4) is 0 Å². The molecule has 228 valence electrons. The van der Waals surface area contributed by atoms with E-state index in [-0.39, 0.29) is 55.3 Å². The fourth-order valence-electron chi connectivity index (χ4n) is 5.00. The molecule has 2 rings (SSSR count). The number of hydrogen-bond acceptors (Lipinski definition) is 8. The van der Waals surface area contributed by atoms with Gasteiger partial charge in [-0.05, 0) is 57.1 Å². The van der Waals surface area contributed by atoms with Gasteiger partial charge < -0.3 is 34.4 Å². The van der Waals surface area contributed by atoms with Crippen LogP contribution >= 0.6 is 0 Å². The Labute approximate surface area is 239 Å². The quantitative estimate of drug-likeness (QED) is 0.165. The van der Waals surface area contributed by atoms with E-state index in [0.717, 1.165) is 12.0 Å². The van der Waals surface area contributed by atoms with Crippen LogP contribution in [0, 0.1) is 17.8 Å². The van der Waals surface area contributed by atoms with Crippen LogP contribution in [-0.4, -0.2) is 88.6 Å². The lowest BCUT2D eigenvalue weighted by Gasteiger charge is -2.33. The first-order chi connectivity index (χ1) is 18.7. The molecule has 10 unspecified atom stereocenters. The summed E-state index contributed by atoms with van der Waals surface area (Å²) in [5, 5.41) is 31.6. The third kappa shape index (κ3) is 10.3. The summed E-state index contributed by atoms with van der Waals surface area (Å²) < 4.78 is 17.2. The number of ether oxygens (including phenoxy) is 3. The number of aliphatic hydroxyl groups is 3. The van der Waals surface area contributed by atoms with Crippen molar-refractivity contribution in [1.82, 2.24) is 4.90 Å². The van der Waals surface area contributed by atoms with E-state index in [0.29, 0.717) is 6.42 Å². The molecule has 0 saturated carbocycles. The van der Waals surface area contributed by atoms with Gasteiger partial charge in [0, 0.05) is 25.9 Å². The van der Waals surface area contributed by atoms with E-state index in [1.165, 1.54) is 4.90 Å². The van der Waals surface area contributed by atoms with Gasteiger partial charge >= 0.3 is 12.1 Å². The summed E-state index contributed by atoms with van der Waals surface area (Å²) in [7, 11) is 3.13. The molecule has 2 aliphatic heterocycles. The highest BCUT2D eigenvalue weighted by atomic mass is 16.6. The van der Waals surface area contributed by atoms with Crippen molar-refractivity contribution in [3.05, 3.63) is 36.0 Å². The van der Waals surface area contributed by atoms with Crippen molar-refractivity contribution in [1.29, 1.82) is 0 Å². The van der Waals surface area contributed by atoms with E-state index in [4.69, 9.17) is 14.2 Å². The lowest BCUT2D eigenvalue weighted by molar-refractivity contribution is -0.151. The average molecular weight is 566 g/mol. The van der Waals surface area contributed by atoms with Gasteiger partial charge in [-0.2, -0.15) is 0 Å². The number of epoxide rings is 1. The molecule has 1 saturated heterocycles. The molecule has 0 aliphatic carbocycles. The van der Waals surface area contributed by atoms with Gasteiger partial charge in [0.05, 0.1) is 30.8 Å². The third-order valence-electron chi connectivity index (χ3n) is 7.93. The van der Waals surface area contributed by atoms with Crippen molar-refractivity contribution in [3.63, 3.8) is 0 Å². The van der Waals surface area contributed by atoms with E-state index < -0.39 is 36.0 Å². The molecule has 9 nitrogen and oxygen atoms in total. The molecule has 0 spiro atoms. The lowest BCUT2D eigenvalue weighted by Crippen LogP contribution is -2.44. The van der Waals surface area contributed by atoms with E-state index in [1.54, 1.807) is 33.2 Å². The Balaban J connectivity index is 2.16. The number of allylic oxidation sites excluding steroid dienone is 3. The average Bonchev–Trinajstić information content (AvgIpc) is 3.65. The molecule has 0 bridgehead atoms. The number of cyclic esters (lactones) is 1. The third-order valence-corrected chi connectivity index (χ3v) is 7.93. The van der Waals surface area contributed by atoms with Crippen LogP contribution in [-0.2, 0) is 19.0 Å². The molecule has 1 amide bonds. The van der Waals surface area contributed by atoms with Crippen LogP contribution < -0.4 is 0 Å². The Kier molecular flexibility index (Phi) is 12.9. The second-order valence-electron chi connectivity index (χ2n) is 12.1. The first-order valence-electron chi connectivity index (χ1n) is 14.5. The Morgan fingerprint density at radius 2 is 1.98 bits per heavy atom. The smallest absolute Gasteiger partial charge is 0.409 e. The topological polar surface area (TPSA) is 129 Å². The largest absolute Gasteiger partial charge is 0.457 e. The predicted octanol–water partition coefficient (Wildman–Crippen LogP) is 4.16. The van der Waals surface area contributed by atoms with Crippen LogP contribution in [0.4, 0.5) is 4.79 Å². The predicted molar refractivity (Wildman–Crippen MR) is 153 cm³/mol. The molecule has 3 N–H and O–H groups in total. The summed E-state index contributed by atoms with van der Waals surface area (Å²) in [4.78, 5) is 26.2. The van der Waals surface area contributed by atoms with Crippen LogP contribution in [0.25, 0.3) is 0 Å². The minimum atomic E-state index is -1.44. The summed E-state index contributed by atoms with van der Waals surface area (Å²) in [6.45, 7) is 11.4. The normalized spacial score (nSPS) is 35.1. The highest BCUT2D eigenvalue weighted by molar-refractivity contribution is 5.70. The van der Waals surface area contributed by atoms with Gasteiger partial charge in [0.2, 0.25) is 0 Å². The molecular formula is C31H51NO8. The van der Waals surface area contributed by atoms with Crippen LogP contribution in [0.2, 0.25) is 0 Å². The van der Waals surface area contributed by atoms with Crippen molar-refractivity contribution >= 4 is 12.1 Å². The molecule has 0 aromatic heterocycles. The summed E-state index contributed by atoms with van der Waals surface area (Å²) in [6, 6.07) is 0. The van der Waals surface area contributed by atoms with E-state index >= 15 is 0 Å². The zero-order chi connectivity index (χ0) is 30.2. The van der Waals surface area contributed by atoms with Crippen molar-refractivity contribution in [3.8, 4) is 0 Å². The molecule has 0 radical (unpaired) electrons. The maximum absolute atomic E-state index is 12.7. The van der Waals surface area contributed by atoms with E-state index in [9.17, 15) is 24.9 Å². The Morgan fingerprint density at radius 1 is 1.30 bits per heavy atom. The first kappa shape index (κ1) is 34.0. The molecular weight excluding hydrogens is 514 g/mol. The molecule has 0 aromatic carbocycles. The van der Waals surface area contributed by atoms with E-state index in [2.05, 4.69) is 13.0 Å². The first-order valence-corrected chi connectivity index (χ1v) is 14.5. The zero-order valence-electron chi connectivity index (χ0n) is 25.4. The van der Waals surface area contributed by atoms with E-state index in [1.807, 2.05) is 39.8 Å². The van der Waals surface area contributed by atoms with Crippen LogP contribution in [0.1, 0.15) is 73.6 Å². The minimum absolute atomic E-state index is 0.100. The van der Waals surface area contributed by atoms with Crippen LogP contribution in [0.15, 0.2) is 36.0 Å². The number of carbonyl (C=O) groups is 2. The zero-order valence-corrected chi connectivity index (χ0v) is 25.4. The molecule has 1 fully saturated rings. The van der Waals surface area contributed by atoms with Gasteiger partial charge in [-0.15, -0.1) is 0 Å². The highest BCUT2D eigenvalue weighted by Crippen LogP contribution is 2.36. The van der Waals surface area contributed by atoms with Crippen molar-refractivity contribution in [2.24, 2.45) is 17.8 Å². The SMILES string of the molecule is CCC(O)C(C)C1OC1CC(C)/C=C/C=C(\C)C1OC(=O)CC(O)CCC(C)(O)C(OC(=O)N(C)C)/C=C/C1C. The van der Waals surface area contributed by atoms with Gasteiger partial charge in [0.15, 0.2) is 6.10 Å². The molecule has 9 heteroatoms. The number of aliphatic hydroxyl groups excluding tert-OH is 2. The summed E-state index contributed by atoms with van der Waals surface area (Å²) in [5.74, 6) is -0.442. The summed E-state index contributed by atoms with van der Waals surface area (Å²) in [5.41, 5.74) is -0.628. The summed E-state index contributed by atoms with van der Waals surface area (Å²) >= 11 is 0. The van der Waals surface area contributed by atoms with Gasteiger partial charge in [-0.25, -0.2) is 4.79 Å². The number of nitrogens with zero attached hydrogens (tertiary/aromatic N) is 1. The second-order valence-corrected chi connectivity index (χ2v) is 12.1. The van der Waals surface area contributed by atoms with Crippen molar-refractivity contribution < 1.29 is 39.1 Å². The molecule has 10 atom stereocenters. The maximum Gasteiger partial charge on any atom is 0.409 e. The fourth-order valence-corrected chi connectivity index (χ4v) is 5.00. The molecule has 0 aromatic rings. The number of esters is 1. The van der Waals surface area contributed by atoms with Gasteiger partial charge in [-0.1, -0.05) is 52.0 Å². The number of rotatable bonds is 9. The van der Waals surface area contributed by atoms with Crippen molar-refractivity contribution in [2.45, 2.75) is 116 Å². The van der Waals surface area contributed by atoms with Gasteiger partial charge in [0.1, 0.15) is 11.7 Å². The summed E-state index contributed by atoms with van der Waals surface area (Å²) in [6.07, 6.45) is 7.76. The maximum atomic E-state index is 12.7. The van der Waals surface area contributed by atoms with Crippen LogP contribution in [0.5, 0.6) is 0 Å². The number of amides is 1. The van der Waals surface area contributed by atoms with Gasteiger partial charge in [-0.3, -0.25) is 4.79 Å². The van der Waals surface area contributed by atoms with Gasteiger partial charge in [0.25, 0.3) is 0 Å². The van der Waals surface area contributed by atoms with Crippen molar-refractivity contribution in [2.75, 3.05) is 14.1 Å². The molecule has 2 heterocycles. The molecule has 40 heavy (non-hydrogen) atoms. The molecule has 2 aliphatic rings. The standard InChI is InChI=1S/C31H51NO8/c1-9-24(34)22(5)29-25(38-29)17-19(2)11-10-12-20(3)28-21(4)13-14-26(39-30(36)32(7)8)31(6,37)16-15-23(33)18-27(35)40-28/h10-14,19,21-26,28-29,33-34,37H,9,15-18H2,1-8H3/b11-10+,14-13+,20-12+. The highest BCUT2D eigenvalue weighted by Gasteiger charge is 2.45. The number of hydrogen-bond donors (Lipinski definition) is 3. The fraction of sp³-hybridized carbons (Fsp3) is 0.742. The lowest BCUT2D eigenvalue weighted by atomic mass is 9.88. The number of carbonyl (C=O) groups excluding carboxylic acids is 2. The minimum Gasteiger partial charge on any atom is -0.457 e. The Hall–Kier alpha value is -2.20.